The predicted molar refractivity (Wildman–Crippen MR) is 64.1 cm³/mol. The Morgan fingerprint density at radius 1 is 1.62 bits per heavy atom. The summed E-state index contributed by atoms with van der Waals surface area (Å²) in [7, 11) is 0. The molecule has 0 spiro atoms. The van der Waals surface area contributed by atoms with Gasteiger partial charge in [0.2, 0.25) is 0 Å². The molecule has 0 unspecified atom stereocenters. The van der Waals surface area contributed by atoms with Gasteiger partial charge in [-0.25, -0.2) is 4.39 Å². The number of hydrogen-bond donors (Lipinski definition) is 1. The molecule has 0 aliphatic heterocycles. The number of rotatable bonds is 3. The van der Waals surface area contributed by atoms with Crippen LogP contribution in [0.15, 0.2) is 23.1 Å². The Morgan fingerprint density at radius 2 is 2.31 bits per heavy atom. The summed E-state index contributed by atoms with van der Waals surface area (Å²) in [4.78, 5) is 13.8. The van der Waals surface area contributed by atoms with Crippen LogP contribution < -0.4 is 0 Å². The Hall–Kier alpha value is -1.47. The largest absolute Gasteiger partial charge is 0.328 e. The van der Waals surface area contributed by atoms with Gasteiger partial charge in [0.1, 0.15) is 5.82 Å². The van der Waals surface area contributed by atoms with E-state index in [0.717, 1.165) is 0 Å². The van der Waals surface area contributed by atoms with Crippen molar-refractivity contribution < 1.29 is 9.18 Å². The number of amides is 1. The maximum atomic E-state index is 13.4. The van der Waals surface area contributed by atoms with Crippen molar-refractivity contribution in [2.45, 2.75) is 11.8 Å². The zero-order valence-corrected chi connectivity index (χ0v) is 9.80. The summed E-state index contributed by atoms with van der Waals surface area (Å²) < 4.78 is 13.4. The number of carbonyl (C=O) groups excluding carboxylic acids is 1. The average molecular weight is 237 g/mol. The molecule has 0 fully saturated rings. The number of hydrogen-bond acceptors (Lipinski definition) is 2. The van der Waals surface area contributed by atoms with Gasteiger partial charge >= 0.3 is 0 Å². The van der Waals surface area contributed by atoms with Gasteiger partial charge in [-0.2, -0.15) is 0 Å². The fourth-order valence-electron chi connectivity index (χ4n) is 1.28. The van der Waals surface area contributed by atoms with Crippen molar-refractivity contribution in [3.8, 4) is 12.3 Å². The molecule has 1 aromatic rings. The summed E-state index contributed by atoms with van der Waals surface area (Å²) in [6.45, 7) is 2.41. The van der Waals surface area contributed by atoms with Crippen molar-refractivity contribution >= 4 is 18.5 Å². The number of terminal acetylenes is 1. The van der Waals surface area contributed by atoms with Gasteiger partial charge in [0.25, 0.3) is 5.91 Å². The van der Waals surface area contributed by atoms with Gasteiger partial charge in [-0.3, -0.25) is 4.79 Å². The van der Waals surface area contributed by atoms with E-state index in [1.807, 2.05) is 0 Å². The third kappa shape index (κ3) is 2.77. The van der Waals surface area contributed by atoms with Gasteiger partial charge in [0.15, 0.2) is 0 Å². The molecule has 0 saturated carbocycles. The van der Waals surface area contributed by atoms with Gasteiger partial charge < -0.3 is 4.90 Å². The molecule has 1 rings (SSSR count). The van der Waals surface area contributed by atoms with E-state index in [1.54, 1.807) is 6.92 Å². The highest BCUT2D eigenvalue weighted by atomic mass is 32.1. The summed E-state index contributed by atoms with van der Waals surface area (Å²) in [5.41, 5.74) is 0.00426. The molecule has 0 heterocycles. The van der Waals surface area contributed by atoms with E-state index in [0.29, 0.717) is 11.4 Å². The molecule has 84 valence electrons. The Bertz CT molecular complexity index is 439. The van der Waals surface area contributed by atoms with Crippen molar-refractivity contribution in [3.63, 3.8) is 0 Å². The summed E-state index contributed by atoms with van der Waals surface area (Å²) in [6.07, 6.45) is 5.14. The third-order valence-electron chi connectivity index (χ3n) is 2.13. The van der Waals surface area contributed by atoms with Gasteiger partial charge in [0, 0.05) is 11.4 Å². The first-order valence-corrected chi connectivity index (χ1v) is 5.26. The highest BCUT2D eigenvalue weighted by Gasteiger charge is 2.17. The Kier molecular flexibility index (Phi) is 4.39. The zero-order chi connectivity index (χ0) is 12.1. The SMILES string of the molecule is C#CCN(CC)C(=O)c1cc(S)ccc1F. The summed E-state index contributed by atoms with van der Waals surface area (Å²) in [5, 5.41) is 0. The lowest BCUT2D eigenvalue weighted by Gasteiger charge is -2.18. The Balaban J connectivity index is 3.03. The van der Waals surface area contributed by atoms with Crippen LogP contribution in [-0.2, 0) is 0 Å². The van der Waals surface area contributed by atoms with Crippen LogP contribution in [0.3, 0.4) is 0 Å². The fraction of sp³-hybridized carbons (Fsp3) is 0.250. The van der Waals surface area contributed by atoms with Crippen molar-refractivity contribution in [1.82, 2.24) is 4.90 Å². The van der Waals surface area contributed by atoms with Gasteiger partial charge in [0.05, 0.1) is 12.1 Å². The molecule has 0 bridgehead atoms. The standard InChI is InChI=1S/C12H12FNOS/c1-3-7-14(4-2)12(15)10-8-9(16)5-6-11(10)13/h1,5-6,8,16H,4,7H2,2H3. The van der Waals surface area contributed by atoms with Crippen LogP contribution in [0.1, 0.15) is 17.3 Å². The summed E-state index contributed by atoms with van der Waals surface area (Å²) in [5.74, 6) is 1.40. The minimum absolute atomic E-state index is 0.00426. The topological polar surface area (TPSA) is 20.3 Å². The molecular formula is C12H12FNOS. The van der Waals surface area contributed by atoms with Crippen molar-refractivity contribution in [2.75, 3.05) is 13.1 Å². The molecule has 0 radical (unpaired) electrons. The van der Waals surface area contributed by atoms with Crippen molar-refractivity contribution in [1.29, 1.82) is 0 Å². The van der Waals surface area contributed by atoms with Crippen LogP contribution >= 0.6 is 12.6 Å². The monoisotopic (exact) mass is 237 g/mol. The van der Waals surface area contributed by atoms with E-state index in [1.165, 1.54) is 23.1 Å². The second-order valence-corrected chi connectivity index (χ2v) is 3.70. The third-order valence-corrected chi connectivity index (χ3v) is 2.41. The van der Waals surface area contributed by atoms with Crippen LogP contribution in [-0.4, -0.2) is 23.9 Å². The lowest BCUT2D eigenvalue weighted by atomic mass is 10.2. The van der Waals surface area contributed by atoms with E-state index in [4.69, 9.17) is 6.42 Å². The zero-order valence-electron chi connectivity index (χ0n) is 8.90. The number of halogens is 1. The van der Waals surface area contributed by atoms with E-state index in [-0.39, 0.29) is 12.1 Å². The van der Waals surface area contributed by atoms with Gasteiger partial charge in [-0.15, -0.1) is 19.1 Å². The molecule has 2 nitrogen and oxygen atoms in total. The van der Waals surface area contributed by atoms with Crippen LogP contribution in [0.4, 0.5) is 4.39 Å². The average Bonchev–Trinajstić information content (AvgIpc) is 2.28. The van der Waals surface area contributed by atoms with Gasteiger partial charge in [-0.05, 0) is 25.1 Å². The number of thiol groups is 1. The minimum atomic E-state index is -0.557. The van der Waals surface area contributed by atoms with E-state index >= 15 is 0 Å². The molecule has 0 aliphatic rings. The molecule has 0 N–H and O–H groups in total. The fourth-order valence-corrected chi connectivity index (χ4v) is 1.49. The summed E-state index contributed by atoms with van der Waals surface area (Å²) >= 11 is 4.07. The van der Waals surface area contributed by atoms with E-state index < -0.39 is 11.7 Å². The summed E-state index contributed by atoms with van der Waals surface area (Å²) in [6, 6.07) is 4.12. The van der Waals surface area contributed by atoms with Crippen molar-refractivity contribution in [3.05, 3.63) is 29.6 Å². The highest BCUT2D eigenvalue weighted by molar-refractivity contribution is 7.80. The second-order valence-electron chi connectivity index (χ2n) is 3.19. The first-order valence-electron chi connectivity index (χ1n) is 4.81. The van der Waals surface area contributed by atoms with Crippen LogP contribution in [0.25, 0.3) is 0 Å². The van der Waals surface area contributed by atoms with Crippen LogP contribution in [0, 0.1) is 18.2 Å². The van der Waals surface area contributed by atoms with Crippen LogP contribution in [0.2, 0.25) is 0 Å². The minimum Gasteiger partial charge on any atom is -0.328 e. The predicted octanol–water partition coefficient (Wildman–Crippen LogP) is 2.21. The molecule has 0 atom stereocenters. The number of nitrogens with zero attached hydrogens (tertiary/aromatic N) is 1. The maximum absolute atomic E-state index is 13.4. The lowest BCUT2D eigenvalue weighted by Crippen LogP contribution is -2.31. The number of carbonyl (C=O) groups is 1. The molecule has 1 aromatic carbocycles. The Morgan fingerprint density at radius 3 is 2.88 bits per heavy atom. The smallest absolute Gasteiger partial charge is 0.257 e. The van der Waals surface area contributed by atoms with E-state index in [9.17, 15) is 9.18 Å². The first-order chi connectivity index (χ1) is 7.60. The first kappa shape index (κ1) is 12.6. The van der Waals surface area contributed by atoms with Crippen molar-refractivity contribution in [2.24, 2.45) is 0 Å². The second kappa shape index (κ2) is 5.57. The van der Waals surface area contributed by atoms with Gasteiger partial charge in [-0.1, -0.05) is 5.92 Å². The molecule has 4 heteroatoms. The maximum Gasteiger partial charge on any atom is 0.257 e. The van der Waals surface area contributed by atoms with Crippen LogP contribution in [0.5, 0.6) is 0 Å². The van der Waals surface area contributed by atoms with E-state index in [2.05, 4.69) is 18.5 Å². The molecular weight excluding hydrogens is 225 g/mol. The number of benzene rings is 1. The quantitative estimate of drug-likeness (QED) is 0.631. The molecule has 1 amide bonds. The molecule has 16 heavy (non-hydrogen) atoms. The lowest BCUT2D eigenvalue weighted by molar-refractivity contribution is 0.0780. The molecule has 0 aliphatic carbocycles. The molecule has 0 aromatic heterocycles. The Labute approximate surface area is 99.9 Å². The normalized spacial score (nSPS) is 9.62. The molecule has 0 saturated heterocycles. The highest BCUT2D eigenvalue weighted by Crippen LogP contribution is 2.15.